The molecule has 0 bridgehead atoms. The number of nitrogens with zero attached hydrogens (tertiary/aromatic N) is 3. The van der Waals surface area contributed by atoms with Crippen molar-refractivity contribution in [3.63, 3.8) is 0 Å². The molecule has 184 valence electrons. The van der Waals surface area contributed by atoms with E-state index >= 15 is 0 Å². The number of benzene rings is 2. The fraction of sp³-hybridized carbons (Fsp3) is 0.379. The molecule has 1 aromatic heterocycles. The van der Waals surface area contributed by atoms with Gasteiger partial charge in [0, 0.05) is 43.1 Å². The normalized spacial score (nSPS) is 14.5. The molecule has 0 spiro atoms. The number of pyridine rings is 1. The molecule has 0 unspecified atom stereocenters. The molecule has 1 saturated heterocycles. The zero-order valence-corrected chi connectivity index (χ0v) is 21.1. The number of amides is 1. The maximum Gasteiger partial charge on any atom is 0.410 e. The highest BCUT2D eigenvalue weighted by Gasteiger charge is 2.30. The van der Waals surface area contributed by atoms with Gasteiger partial charge < -0.3 is 19.3 Å². The lowest BCUT2D eigenvalue weighted by Gasteiger charge is -2.40. The first-order valence-electron chi connectivity index (χ1n) is 12.2. The van der Waals surface area contributed by atoms with Crippen molar-refractivity contribution >= 4 is 11.8 Å². The maximum atomic E-state index is 12.6. The SMILES string of the molecule is COc1ccc(N(Cc2ccnc(-c3ccccc3)c2)C2CCN(C(=O)OC(C)(C)C)CC2)cc1. The lowest BCUT2D eigenvalue weighted by atomic mass is 10.0. The minimum absolute atomic E-state index is 0.228. The fourth-order valence-corrected chi connectivity index (χ4v) is 4.43. The molecule has 3 aromatic rings. The Morgan fingerprint density at radius 3 is 2.34 bits per heavy atom. The Morgan fingerprint density at radius 1 is 1.03 bits per heavy atom. The Labute approximate surface area is 208 Å². The van der Waals surface area contributed by atoms with E-state index < -0.39 is 5.60 Å². The quantitative estimate of drug-likeness (QED) is 0.429. The lowest BCUT2D eigenvalue weighted by molar-refractivity contribution is 0.0204. The molecule has 1 aliphatic rings. The van der Waals surface area contributed by atoms with Crippen LogP contribution in [-0.2, 0) is 11.3 Å². The zero-order valence-electron chi connectivity index (χ0n) is 21.1. The van der Waals surface area contributed by atoms with Gasteiger partial charge in [-0.15, -0.1) is 0 Å². The van der Waals surface area contributed by atoms with Crippen LogP contribution in [0, 0.1) is 0 Å². The molecule has 0 saturated carbocycles. The predicted octanol–water partition coefficient (Wildman–Crippen LogP) is 6.16. The van der Waals surface area contributed by atoms with Crippen LogP contribution < -0.4 is 9.64 Å². The third-order valence-electron chi connectivity index (χ3n) is 6.21. The van der Waals surface area contributed by atoms with Gasteiger partial charge in [-0.3, -0.25) is 4.98 Å². The lowest BCUT2D eigenvalue weighted by Crippen LogP contribution is -2.48. The number of rotatable bonds is 6. The van der Waals surface area contributed by atoms with Crippen molar-refractivity contribution in [2.75, 3.05) is 25.1 Å². The number of likely N-dealkylation sites (tertiary alicyclic amines) is 1. The molecule has 1 amide bonds. The molecule has 0 aliphatic carbocycles. The molecule has 35 heavy (non-hydrogen) atoms. The van der Waals surface area contributed by atoms with E-state index in [0.717, 1.165) is 42.1 Å². The maximum absolute atomic E-state index is 12.6. The minimum Gasteiger partial charge on any atom is -0.497 e. The third-order valence-corrected chi connectivity index (χ3v) is 6.21. The predicted molar refractivity (Wildman–Crippen MR) is 140 cm³/mol. The highest BCUT2D eigenvalue weighted by Crippen LogP contribution is 2.29. The Bertz CT molecular complexity index is 1100. The Hall–Kier alpha value is -3.54. The summed E-state index contributed by atoms with van der Waals surface area (Å²) in [5, 5.41) is 0. The van der Waals surface area contributed by atoms with Gasteiger partial charge in [-0.05, 0) is 75.6 Å². The van der Waals surface area contributed by atoms with E-state index in [1.807, 2.05) is 62.2 Å². The van der Waals surface area contributed by atoms with Gasteiger partial charge in [-0.25, -0.2) is 4.79 Å². The van der Waals surface area contributed by atoms with E-state index in [-0.39, 0.29) is 6.09 Å². The van der Waals surface area contributed by atoms with Gasteiger partial charge >= 0.3 is 6.09 Å². The first-order valence-corrected chi connectivity index (χ1v) is 12.2. The van der Waals surface area contributed by atoms with Crippen molar-refractivity contribution in [2.24, 2.45) is 0 Å². The second-order valence-electron chi connectivity index (χ2n) is 9.94. The summed E-state index contributed by atoms with van der Waals surface area (Å²) in [4.78, 5) is 21.4. The summed E-state index contributed by atoms with van der Waals surface area (Å²) >= 11 is 0. The Kier molecular flexibility index (Phi) is 7.59. The van der Waals surface area contributed by atoms with Crippen LogP contribution in [0.4, 0.5) is 10.5 Å². The fourth-order valence-electron chi connectivity index (χ4n) is 4.43. The van der Waals surface area contributed by atoms with Crippen molar-refractivity contribution < 1.29 is 14.3 Å². The number of carbonyl (C=O) groups excluding carboxylic acids is 1. The molecule has 4 rings (SSSR count). The van der Waals surface area contributed by atoms with Crippen LogP contribution in [0.25, 0.3) is 11.3 Å². The van der Waals surface area contributed by atoms with Gasteiger partial charge in [0.1, 0.15) is 11.4 Å². The molecule has 0 radical (unpaired) electrons. The van der Waals surface area contributed by atoms with E-state index in [1.54, 1.807) is 7.11 Å². The van der Waals surface area contributed by atoms with Gasteiger partial charge in [-0.2, -0.15) is 0 Å². The van der Waals surface area contributed by atoms with Gasteiger partial charge in [0.15, 0.2) is 0 Å². The van der Waals surface area contributed by atoms with Crippen molar-refractivity contribution in [1.82, 2.24) is 9.88 Å². The van der Waals surface area contributed by atoms with E-state index in [9.17, 15) is 4.79 Å². The molecule has 2 aromatic carbocycles. The summed E-state index contributed by atoms with van der Waals surface area (Å²) in [6.07, 6.45) is 3.41. The van der Waals surface area contributed by atoms with Crippen molar-refractivity contribution in [2.45, 2.75) is 51.8 Å². The average molecular weight is 474 g/mol. The monoisotopic (exact) mass is 473 g/mol. The van der Waals surface area contributed by atoms with Gasteiger partial charge in [-0.1, -0.05) is 30.3 Å². The first-order chi connectivity index (χ1) is 16.8. The van der Waals surface area contributed by atoms with Crippen molar-refractivity contribution in [3.8, 4) is 17.0 Å². The van der Waals surface area contributed by atoms with Crippen molar-refractivity contribution in [3.05, 3.63) is 78.5 Å². The number of methoxy groups -OCH3 is 1. The highest BCUT2D eigenvalue weighted by molar-refractivity contribution is 5.68. The smallest absolute Gasteiger partial charge is 0.410 e. The summed E-state index contributed by atoms with van der Waals surface area (Å²) in [7, 11) is 1.68. The van der Waals surface area contributed by atoms with Gasteiger partial charge in [0.2, 0.25) is 0 Å². The number of hydrogen-bond acceptors (Lipinski definition) is 5. The summed E-state index contributed by atoms with van der Waals surface area (Å²) < 4.78 is 11.0. The highest BCUT2D eigenvalue weighted by atomic mass is 16.6. The molecule has 1 aliphatic heterocycles. The molecule has 0 N–H and O–H groups in total. The average Bonchev–Trinajstić information content (AvgIpc) is 2.87. The first kappa shape index (κ1) is 24.6. The van der Waals surface area contributed by atoms with Crippen LogP contribution in [0.2, 0.25) is 0 Å². The topological polar surface area (TPSA) is 54.9 Å². The molecule has 6 nitrogen and oxygen atoms in total. The zero-order chi connectivity index (χ0) is 24.8. The number of aromatic nitrogens is 1. The van der Waals surface area contributed by atoms with Gasteiger partial charge in [0.25, 0.3) is 0 Å². The summed E-state index contributed by atoms with van der Waals surface area (Å²) in [5.74, 6) is 0.837. The summed E-state index contributed by atoms with van der Waals surface area (Å²) in [6.45, 7) is 7.83. The number of carbonyl (C=O) groups is 1. The van der Waals surface area contributed by atoms with Crippen LogP contribution in [-0.4, -0.2) is 47.8 Å². The van der Waals surface area contributed by atoms with Crippen LogP contribution in [0.3, 0.4) is 0 Å². The standard InChI is InChI=1S/C29H35N3O3/c1-29(2,3)35-28(33)31-18-15-25(16-19-31)32(24-10-12-26(34-4)13-11-24)21-22-14-17-30-27(20-22)23-8-6-5-7-9-23/h5-14,17,20,25H,15-16,18-19,21H2,1-4H3. The minimum atomic E-state index is -0.485. The van der Waals surface area contributed by atoms with Crippen molar-refractivity contribution in [1.29, 1.82) is 0 Å². The summed E-state index contributed by atoms with van der Waals surface area (Å²) in [6, 6.07) is 23.0. The molecular weight excluding hydrogens is 438 g/mol. The van der Waals surface area contributed by atoms with E-state index in [4.69, 9.17) is 9.47 Å². The second kappa shape index (κ2) is 10.8. The van der Waals surface area contributed by atoms with Gasteiger partial charge in [0.05, 0.1) is 12.8 Å². The Balaban J connectivity index is 1.53. The van der Waals surface area contributed by atoms with Crippen LogP contribution in [0.15, 0.2) is 72.9 Å². The van der Waals surface area contributed by atoms with E-state index in [0.29, 0.717) is 19.1 Å². The number of anilines is 1. The molecular formula is C29H35N3O3. The second-order valence-corrected chi connectivity index (χ2v) is 9.94. The molecule has 2 heterocycles. The molecule has 1 fully saturated rings. The molecule has 0 atom stereocenters. The summed E-state index contributed by atoms with van der Waals surface area (Å²) in [5.41, 5.74) is 3.93. The largest absolute Gasteiger partial charge is 0.497 e. The van der Waals surface area contributed by atoms with E-state index in [2.05, 4.69) is 46.3 Å². The van der Waals surface area contributed by atoms with Crippen LogP contribution >= 0.6 is 0 Å². The number of ether oxygens (including phenoxy) is 2. The van der Waals surface area contributed by atoms with Crippen LogP contribution in [0.5, 0.6) is 5.75 Å². The third kappa shape index (κ3) is 6.53. The van der Waals surface area contributed by atoms with E-state index in [1.165, 1.54) is 5.56 Å². The molecule has 6 heteroatoms. The number of hydrogen-bond donors (Lipinski definition) is 0. The Morgan fingerprint density at radius 2 is 1.71 bits per heavy atom. The number of piperidine rings is 1. The van der Waals surface area contributed by atoms with Crippen LogP contribution in [0.1, 0.15) is 39.2 Å².